The topological polar surface area (TPSA) is 85.6 Å². The molecule has 1 aliphatic carbocycles. The summed E-state index contributed by atoms with van der Waals surface area (Å²) in [5, 5.41) is 11.4. The van der Waals surface area contributed by atoms with Gasteiger partial charge in [0.25, 0.3) is 0 Å². The minimum Gasteiger partial charge on any atom is -0.384 e. The van der Waals surface area contributed by atoms with Crippen molar-refractivity contribution < 1.29 is 14.3 Å². The molecule has 2 saturated heterocycles. The Bertz CT molecular complexity index is 676. The molecule has 28 heavy (non-hydrogen) atoms. The van der Waals surface area contributed by atoms with E-state index in [0.29, 0.717) is 17.8 Å². The third-order valence-electron chi connectivity index (χ3n) is 6.99. The fourth-order valence-corrected chi connectivity index (χ4v) is 5.39. The second-order valence-electron chi connectivity index (χ2n) is 8.56. The van der Waals surface area contributed by atoms with Crippen LogP contribution in [0.3, 0.4) is 0 Å². The standard InChI is InChI=1S/C19H32N6O3/c1-15-20-21-22-25(15)12-18(26)24-6-4-16-11-17(23-7-9-28-10-8-23)3-5-19(16,13-24)14-27-2/h16-17H,3-14H2,1-2H3/t16-,17-,19+/m1/s1. The van der Waals surface area contributed by atoms with E-state index in [1.165, 1.54) is 12.8 Å². The molecule has 156 valence electrons. The maximum Gasteiger partial charge on any atom is 0.244 e. The van der Waals surface area contributed by atoms with Crippen molar-refractivity contribution in [1.82, 2.24) is 30.0 Å². The molecule has 1 saturated carbocycles. The van der Waals surface area contributed by atoms with Crippen LogP contribution in [0.4, 0.5) is 0 Å². The average Bonchev–Trinajstić information content (AvgIpc) is 3.12. The Morgan fingerprint density at radius 2 is 2.11 bits per heavy atom. The fraction of sp³-hybridized carbons (Fsp3) is 0.895. The Kier molecular flexibility index (Phi) is 5.93. The summed E-state index contributed by atoms with van der Waals surface area (Å²) in [5.74, 6) is 1.37. The summed E-state index contributed by atoms with van der Waals surface area (Å²) in [6.07, 6.45) is 4.54. The molecule has 0 aromatic carbocycles. The number of morpholine rings is 1. The van der Waals surface area contributed by atoms with Crippen LogP contribution in [0.15, 0.2) is 0 Å². The van der Waals surface area contributed by atoms with Crippen molar-refractivity contribution in [2.45, 2.75) is 45.2 Å². The van der Waals surface area contributed by atoms with Gasteiger partial charge in [-0.2, -0.15) is 0 Å². The second kappa shape index (κ2) is 8.42. The highest BCUT2D eigenvalue weighted by Crippen LogP contribution is 2.47. The van der Waals surface area contributed by atoms with Gasteiger partial charge in [-0.05, 0) is 49.0 Å². The molecule has 1 aromatic heterocycles. The van der Waals surface area contributed by atoms with E-state index >= 15 is 0 Å². The molecular weight excluding hydrogens is 360 g/mol. The van der Waals surface area contributed by atoms with E-state index in [-0.39, 0.29) is 17.9 Å². The quantitative estimate of drug-likeness (QED) is 0.715. The molecule has 0 unspecified atom stereocenters. The summed E-state index contributed by atoms with van der Waals surface area (Å²) in [7, 11) is 1.78. The van der Waals surface area contributed by atoms with Crippen molar-refractivity contribution in [3.05, 3.63) is 5.82 Å². The number of aryl methyl sites for hydroxylation is 1. The first-order valence-electron chi connectivity index (χ1n) is 10.4. The first-order valence-corrected chi connectivity index (χ1v) is 10.4. The number of carbonyl (C=O) groups excluding carboxylic acids is 1. The van der Waals surface area contributed by atoms with Crippen LogP contribution in [0.1, 0.15) is 31.5 Å². The van der Waals surface area contributed by atoms with Crippen molar-refractivity contribution in [1.29, 1.82) is 0 Å². The van der Waals surface area contributed by atoms with Crippen LogP contribution < -0.4 is 0 Å². The van der Waals surface area contributed by atoms with Gasteiger partial charge in [0.15, 0.2) is 0 Å². The molecule has 3 fully saturated rings. The largest absolute Gasteiger partial charge is 0.384 e. The lowest BCUT2D eigenvalue weighted by atomic mass is 9.62. The highest BCUT2D eigenvalue weighted by atomic mass is 16.5. The summed E-state index contributed by atoms with van der Waals surface area (Å²) in [5.41, 5.74) is 0.0705. The maximum absolute atomic E-state index is 12.9. The summed E-state index contributed by atoms with van der Waals surface area (Å²) < 4.78 is 12.8. The van der Waals surface area contributed by atoms with E-state index in [1.807, 2.05) is 11.8 Å². The molecule has 3 atom stereocenters. The van der Waals surface area contributed by atoms with E-state index in [4.69, 9.17) is 9.47 Å². The van der Waals surface area contributed by atoms with E-state index < -0.39 is 0 Å². The molecule has 3 heterocycles. The zero-order valence-corrected chi connectivity index (χ0v) is 17.0. The van der Waals surface area contributed by atoms with Crippen molar-refractivity contribution in [2.75, 3.05) is 53.1 Å². The van der Waals surface area contributed by atoms with Crippen molar-refractivity contribution in [2.24, 2.45) is 11.3 Å². The van der Waals surface area contributed by atoms with E-state index in [1.54, 1.807) is 11.8 Å². The van der Waals surface area contributed by atoms with Crippen LogP contribution in [0.5, 0.6) is 0 Å². The third kappa shape index (κ3) is 3.92. The molecule has 9 nitrogen and oxygen atoms in total. The summed E-state index contributed by atoms with van der Waals surface area (Å²) in [4.78, 5) is 17.5. The minimum absolute atomic E-state index is 0.0705. The molecular formula is C19H32N6O3. The first-order chi connectivity index (χ1) is 13.6. The van der Waals surface area contributed by atoms with Crippen LogP contribution in [-0.4, -0.2) is 95.1 Å². The van der Waals surface area contributed by atoms with Crippen LogP contribution in [0.2, 0.25) is 0 Å². The van der Waals surface area contributed by atoms with Gasteiger partial charge in [-0.15, -0.1) is 5.10 Å². The number of rotatable bonds is 5. The highest BCUT2D eigenvalue weighted by molar-refractivity contribution is 5.76. The third-order valence-corrected chi connectivity index (χ3v) is 6.99. The number of ether oxygens (including phenoxy) is 2. The zero-order valence-electron chi connectivity index (χ0n) is 17.0. The summed E-state index contributed by atoms with van der Waals surface area (Å²) in [6.45, 7) is 8.14. The van der Waals surface area contributed by atoms with E-state index in [0.717, 1.165) is 58.8 Å². The fourth-order valence-electron chi connectivity index (χ4n) is 5.39. The lowest BCUT2D eigenvalue weighted by Crippen LogP contribution is -2.58. The van der Waals surface area contributed by atoms with Gasteiger partial charge in [0.1, 0.15) is 12.4 Å². The Hall–Kier alpha value is -1.58. The van der Waals surface area contributed by atoms with Gasteiger partial charge < -0.3 is 14.4 Å². The van der Waals surface area contributed by atoms with E-state index in [2.05, 4.69) is 20.4 Å². The van der Waals surface area contributed by atoms with Gasteiger partial charge in [-0.3, -0.25) is 9.69 Å². The number of nitrogens with zero attached hydrogens (tertiary/aromatic N) is 6. The van der Waals surface area contributed by atoms with Gasteiger partial charge in [-0.25, -0.2) is 4.68 Å². The number of amides is 1. The molecule has 0 radical (unpaired) electrons. The van der Waals surface area contributed by atoms with Gasteiger partial charge in [0, 0.05) is 44.7 Å². The molecule has 1 amide bonds. The average molecular weight is 393 g/mol. The molecule has 0 bridgehead atoms. The molecule has 3 aliphatic rings. The van der Waals surface area contributed by atoms with Crippen molar-refractivity contribution in [3.63, 3.8) is 0 Å². The first kappa shape index (κ1) is 19.7. The zero-order chi connectivity index (χ0) is 19.6. The molecule has 1 aromatic rings. The molecule has 0 spiro atoms. The number of hydrogen-bond donors (Lipinski definition) is 0. The highest BCUT2D eigenvalue weighted by Gasteiger charge is 2.48. The number of methoxy groups -OCH3 is 1. The maximum atomic E-state index is 12.9. The Morgan fingerprint density at radius 1 is 1.29 bits per heavy atom. The van der Waals surface area contributed by atoms with Crippen molar-refractivity contribution in [3.8, 4) is 0 Å². The predicted molar refractivity (Wildman–Crippen MR) is 102 cm³/mol. The molecule has 9 heteroatoms. The molecule has 0 N–H and O–H groups in total. The van der Waals surface area contributed by atoms with Crippen LogP contribution in [0.25, 0.3) is 0 Å². The number of carbonyl (C=O) groups is 1. The summed E-state index contributed by atoms with van der Waals surface area (Å²) in [6, 6.07) is 0.644. The lowest BCUT2D eigenvalue weighted by molar-refractivity contribution is -0.143. The number of tetrazole rings is 1. The second-order valence-corrected chi connectivity index (χ2v) is 8.56. The number of piperidine rings is 1. The molecule has 2 aliphatic heterocycles. The normalized spacial score (nSPS) is 31.6. The van der Waals surface area contributed by atoms with Crippen LogP contribution in [0, 0.1) is 18.3 Å². The van der Waals surface area contributed by atoms with Crippen LogP contribution in [-0.2, 0) is 20.8 Å². The van der Waals surface area contributed by atoms with Gasteiger partial charge in [0.2, 0.25) is 5.91 Å². The van der Waals surface area contributed by atoms with Crippen molar-refractivity contribution >= 4 is 5.91 Å². The SMILES string of the molecule is COC[C@@]12CC[C@@H](N3CCOCC3)C[C@H]1CCN(C(=O)Cn1nnnc1C)C2. The number of aromatic nitrogens is 4. The molecule has 4 rings (SSSR count). The van der Waals surface area contributed by atoms with Crippen LogP contribution >= 0.6 is 0 Å². The monoisotopic (exact) mass is 392 g/mol. The Morgan fingerprint density at radius 3 is 2.82 bits per heavy atom. The Balaban J connectivity index is 1.42. The van der Waals surface area contributed by atoms with Gasteiger partial charge in [0.05, 0.1) is 19.8 Å². The number of hydrogen-bond acceptors (Lipinski definition) is 7. The lowest BCUT2D eigenvalue weighted by Gasteiger charge is -2.54. The van der Waals surface area contributed by atoms with E-state index in [9.17, 15) is 4.79 Å². The minimum atomic E-state index is 0.0705. The Labute approximate surface area is 166 Å². The van der Waals surface area contributed by atoms with Gasteiger partial charge >= 0.3 is 0 Å². The predicted octanol–water partition coefficient (Wildman–Crippen LogP) is 0.348. The number of likely N-dealkylation sites (tertiary alicyclic amines) is 1. The smallest absolute Gasteiger partial charge is 0.244 e. The van der Waals surface area contributed by atoms with Gasteiger partial charge in [-0.1, -0.05) is 0 Å². The number of fused-ring (bicyclic) bond motifs is 1. The summed E-state index contributed by atoms with van der Waals surface area (Å²) >= 11 is 0.